The number of carbonyl (C=O) groups is 1. The first-order chi connectivity index (χ1) is 10.8. The zero-order valence-electron chi connectivity index (χ0n) is 12.3. The van der Waals surface area contributed by atoms with E-state index in [2.05, 4.69) is 0 Å². The van der Waals surface area contributed by atoms with E-state index in [1.807, 2.05) is 72.8 Å². The average molecular weight is 288 g/mol. The smallest absolute Gasteiger partial charge is 0.151 e. The quantitative estimate of drug-likeness (QED) is 0.642. The fraction of sp³-hybridized carbons (Fsp3) is 0.0500. The molecule has 0 atom stereocenters. The van der Waals surface area contributed by atoms with Crippen molar-refractivity contribution in [3.05, 3.63) is 78.4 Å². The normalized spacial score (nSPS) is 10.2. The molecule has 0 fully saturated rings. The van der Waals surface area contributed by atoms with Crippen LogP contribution in [-0.2, 0) is 0 Å². The van der Waals surface area contributed by atoms with Gasteiger partial charge in [-0.2, -0.15) is 0 Å². The molecule has 0 N–H and O–H groups in total. The van der Waals surface area contributed by atoms with Crippen LogP contribution in [-0.4, -0.2) is 13.4 Å². The maximum Gasteiger partial charge on any atom is 0.151 e. The molecule has 0 saturated carbocycles. The molecule has 3 aromatic carbocycles. The Hall–Kier alpha value is -2.87. The van der Waals surface area contributed by atoms with Crippen LogP contribution in [0.4, 0.5) is 0 Å². The van der Waals surface area contributed by atoms with E-state index in [9.17, 15) is 4.79 Å². The molecule has 0 aromatic heterocycles. The molecule has 3 rings (SSSR count). The van der Waals surface area contributed by atoms with Crippen LogP contribution in [0.25, 0.3) is 22.3 Å². The first-order valence-corrected chi connectivity index (χ1v) is 7.11. The highest BCUT2D eigenvalue weighted by Gasteiger charge is 2.13. The first-order valence-electron chi connectivity index (χ1n) is 7.11. The van der Waals surface area contributed by atoms with Crippen molar-refractivity contribution in [3.63, 3.8) is 0 Å². The second-order valence-corrected chi connectivity index (χ2v) is 4.99. The fourth-order valence-electron chi connectivity index (χ4n) is 2.58. The summed E-state index contributed by atoms with van der Waals surface area (Å²) in [5.74, 6) is 0.739. The first kappa shape index (κ1) is 14.1. The van der Waals surface area contributed by atoms with Gasteiger partial charge in [0.2, 0.25) is 0 Å². The third-order valence-corrected chi connectivity index (χ3v) is 3.68. The van der Waals surface area contributed by atoms with Gasteiger partial charge in [-0.05, 0) is 34.4 Å². The molecular weight excluding hydrogens is 272 g/mol. The molecule has 0 spiro atoms. The van der Waals surface area contributed by atoms with Crippen LogP contribution >= 0.6 is 0 Å². The van der Waals surface area contributed by atoms with Crippen molar-refractivity contribution < 1.29 is 9.53 Å². The Labute approximate surface area is 130 Å². The van der Waals surface area contributed by atoms with Crippen LogP contribution in [0.5, 0.6) is 5.75 Å². The second kappa shape index (κ2) is 6.27. The molecule has 0 aliphatic rings. The third kappa shape index (κ3) is 2.63. The Morgan fingerprint density at radius 1 is 0.773 bits per heavy atom. The van der Waals surface area contributed by atoms with Crippen molar-refractivity contribution in [1.82, 2.24) is 0 Å². The lowest BCUT2D eigenvalue weighted by Crippen LogP contribution is -1.95. The number of methoxy groups -OCH3 is 1. The van der Waals surface area contributed by atoms with Gasteiger partial charge in [-0.3, -0.25) is 4.79 Å². The van der Waals surface area contributed by atoms with E-state index >= 15 is 0 Å². The monoisotopic (exact) mass is 288 g/mol. The van der Waals surface area contributed by atoms with Crippen LogP contribution in [0.3, 0.4) is 0 Å². The summed E-state index contributed by atoms with van der Waals surface area (Å²) in [5.41, 5.74) is 4.45. The highest BCUT2D eigenvalue weighted by atomic mass is 16.5. The van der Waals surface area contributed by atoms with Crippen molar-refractivity contribution in [1.29, 1.82) is 0 Å². The molecule has 2 nitrogen and oxygen atoms in total. The van der Waals surface area contributed by atoms with Crippen LogP contribution in [0.15, 0.2) is 72.8 Å². The number of ether oxygens (including phenoxy) is 1. The van der Waals surface area contributed by atoms with Crippen molar-refractivity contribution in [2.75, 3.05) is 7.11 Å². The molecule has 0 unspecified atom stereocenters. The summed E-state index contributed by atoms with van der Waals surface area (Å²) in [6.45, 7) is 0. The van der Waals surface area contributed by atoms with Gasteiger partial charge in [-0.25, -0.2) is 0 Å². The predicted molar refractivity (Wildman–Crippen MR) is 89.3 cm³/mol. The lowest BCUT2D eigenvalue weighted by Gasteiger charge is -2.14. The molecule has 3 aromatic rings. The van der Waals surface area contributed by atoms with Crippen LogP contribution in [0, 0.1) is 0 Å². The summed E-state index contributed by atoms with van der Waals surface area (Å²) < 4.78 is 5.42. The summed E-state index contributed by atoms with van der Waals surface area (Å²) in [4.78, 5) is 11.8. The molecule has 0 bridgehead atoms. The maximum atomic E-state index is 11.8. The van der Waals surface area contributed by atoms with Gasteiger partial charge in [-0.15, -0.1) is 0 Å². The van der Waals surface area contributed by atoms with Gasteiger partial charge in [0.1, 0.15) is 5.75 Å². The lowest BCUT2D eigenvalue weighted by molar-refractivity contribution is 0.112. The van der Waals surface area contributed by atoms with Crippen LogP contribution < -0.4 is 4.74 Å². The van der Waals surface area contributed by atoms with E-state index in [0.29, 0.717) is 5.56 Å². The standard InChI is InChI=1S/C20H16O2/c1-22-17-12-18(15-8-4-2-5-9-15)20(14-21)19(13-17)16-10-6-3-7-11-16/h2-14H,1H3. The van der Waals surface area contributed by atoms with Gasteiger partial charge in [0.05, 0.1) is 7.11 Å². The van der Waals surface area contributed by atoms with Gasteiger partial charge in [0, 0.05) is 5.56 Å². The zero-order valence-corrected chi connectivity index (χ0v) is 12.3. The lowest BCUT2D eigenvalue weighted by atomic mass is 9.92. The molecule has 0 saturated heterocycles. The van der Waals surface area contributed by atoms with Crippen molar-refractivity contribution in [2.45, 2.75) is 0 Å². The molecule has 22 heavy (non-hydrogen) atoms. The van der Waals surface area contributed by atoms with E-state index in [4.69, 9.17) is 4.74 Å². The van der Waals surface area contributed by atoms with E-state index in [-0.39, 0.29) is 0 Å². The largest absolute Gasteiger partial charge is 0.497 e. The van der Waals surface area contributed by atoms with E-state index < -0.39 is 0 Å². The molecule has 0 aliphatic heterocycles. The van der Waals surface area contributed by atoms with Gasteiger partial charge in [-0.1, -0.05) is 60.7 Å². The SMILES string of the molecule is COc1cc(-c2ccccc2)c(C=O)c(-c2ccccc2)c1. The molecule has 0 radical (unpaired) electrons. The number of benzene rings is 3. The third-order valence-electron chi connectivity index (χ3n) is 3.68. The van der Waals surface area contributed by atoms with Gasteiger partial charge in [0.25, 0.3) is 0 Å². The van der Waals surface area contributed by atoms with Gasteiger partial charge in [0.15, 0.2) is 6.29 Å². The highest BCUT2D eigenvalue weighted by molar-refractivity contribution is 5.97. The van der Waals surface area contributed by atoms with Gasteiger partial charge >= 0.3 is 0 Å². The summed E-state index contributed by atoms with van der Waals surface area (Å²) in [7, 11) is 1.64. The van der Waals surface area contributed by atoms with Crippen LogP contribution in [0.1, 0.15) is 10.4 Å². The molecule has 0 heterocycles. The molecule has 108 valence electrons. The van der Waals surface area contributed by atoms with Crippen LogP contribution in [0.2, 0.25) is 0 Å². The zero-order chi connectivity index (χ0) is 15.4. The molecular formula is C20H16O2. The minimum Gasteiger partial charge on any atom is -0.497 e. The van der Waals surface area contributed by atoms with Crippen molar-refractivity contribution in [3.8, 4) is 28.0 Å². The van der Waals surface area contributed by atoms with E-state index in [0.717, 1.165) is 34.3 Å². The second-order valence-electron chi connectivity index (χ2n) is 4.99. The predicted octanol–water partition coefficient (Wildman–Crippen LogP) is 4.84. The topological polar surface area (TPSA) is 26.3 Å². The van der Waals surface area contributed by atoms with E-state index in [1.165, 1.54) is 0 Å². The fourth-order valence-corrected chi connectivity index (χ4v) is 2.58. The molecule has 0 aliphatic carbocycles. The van der Waals surface area contributed by atoms with E-state index in [1.54, 1.807) is 7.11 Å². The Kier molecular flexibility index (Phi) is 4.01. The Morgan fingerprint density at radius 2 is 1.23 bits per heavy atom. The summed E-state index contributed by atoms with van der Waals surface area (Å²) in [6, 6.07) is 23.6. The highest BCUT2D eigenvalue weighted by Crippen LogP contribution is 2.35. The molecule has 2 heteroatoms. The summed E-state index contributed by atoms with van der Waals surface area (Å²) >= 11 is 0. The summed E-state index contributed by atoms with van der Waals surface area (Å²) in [6.07, 6.45) is 0.921. The van der Waals surface area contributed by atoms with Gasteiger partial charge < -0.3 is 4.74 Å². The number of rotatable bonds is 4. The Morgan fingerprint density at radius 3 is 1.59 bits per heavy atom. The number of hydrogen-bond acceptors (Lipinski definition) is 2. The Balaban J connectivity index is 2.29. The Bertz CT molecular complexity index is 717. The number of aldehydes is 1. The minimum absolute atomic E-state index is 0.679. The minimum atomic E-state index is 0.679. The summed E-state index contributed by atoms with van der Waals surface area (Å²) in [5, 5.41) is 0. The van der Waals surface area contributed by atoms with Crippen molar-refractivity contribution >= 4 is 6.29 Å². The average Bonchev–Trinajstić information content (AvgIpc) is 2.62. The maximum absolute atomic E-state index is 11.8. The number of carbonyl (C=O) groups excluding carboxylic acids is 1. The number of hydrogen-bond donors (Lipinski definition) is 0. The van der Waals surface area contributed by atoms with Crippen molar-refractivity contribution in [2.24, 2.45) is 0 Å². The molecule has 0 amide bonds.